The second kappa shape index (κ2) is 9.23. The van der Waals surface area contributed by atoms with Crippen LogP contribution < -0.4 is 19.5 Å². The standard InChI is InChI=1S/C21H18ClFN2O5S/c1-29-16-7-4-14(5-8-16)25-31(27,28)20-12-15(6-10-19(20)30-2)24-21(26)17-9-3-13(23)11-18(17)22/h3-12,25H,1-2H3,(H,24,26). The van der Waals surface area contributed by atoms with Gasteiger partial charge in [0.1, 0.15) is 22.2 Å². The molecule has 3 rings (SSSR count). The smallest absolute Gasteiger partial charge is 0.265 e. The normalized spacial score (nSPS) is 11.0. The Morgan fingerprint density at radius 3 is 2.23 bits per heavy atom. The van der Waals surface area contributed by atoms with E-state index in [-0.39, 0.29) is 26.9 Å². The molecule has 0 atom stereocenters. The van der Waals surface area contributed by atoms with Crippen LogP contribution >= 0.6 is 11.6 Å². The molecular weight excluding hydrogens is 447 g/mol. The van der Waals surface area contributed by atoms with Gasteiger partial charge in [-0.15, -0.1) is 0 Å². The number of amides is 1. The molecule has 0 spiro atoms. The number of anilines is 2. The van der Waals surface area contributed by atoms with Gasteiger partial charge < -0.3 is 14.8 Å². The molecular formula is C21H18ClFN2O5S. The van der Waals surface area contributed by atoms with Crippen LogP contribution in [0.4, 0.5) is 15.8 Å². The van der Waals surface area contributed by atoms with Crippen LogP contribution in [0.3, 0.4) is 0 Å². The lowest BCUT2D eigenvalue weighted by Crippen LogP contribution is -2.16. The maximum absolute atomic E-state index is 13.2. The summed E-state index contributed by atoms with van der Waals surface area (Å²) in [6, 6.07) is 13.8. The van der Waals surface area contributed by atoms with Gasteiger partial charge in [0.25, 0.3) is 15.9 Å². The Bertz CT molecular complexity index is 1220. The van der Waals surface area contributed by atoms with Crippen LogP contribution in [0, 0.1) is 5.82 Å². The van der Waals surface area contributed by atoms with Crippen molar-refractivity contribution in [3.05, 3.63) is 77.1 Å². The Labute approximate surface area is 183 Å². The fourth-order valence-corrected chi connectivity index (χ4v) is 4.21. The van der Waals surface area contributed by atoms with Gasteiger partial charge in [-0.25, -0.2) is 12.8 Å². The van der Waals surface area contributed by atoms with Crippen LogP contribution in [0.25, 0.3) is 0 Å². The number of hydrogen-bond donors (Lipinski definition) is 2. The molecule has 0 saturated heterocycles. The number of methoxy groups -OCH3 is 2. The van der Waals surface area contributed by atoms with E-state index in [1.54, 1.807) is 24.3 Å². The second-order valence-corrected chi connectivity index (χ2v) is 8.34. The zero-order valence-corrected chi connectivity index (χ0v) is 18.1. The van der Waals surface area contributed by atoms with Gasteiger partial charge >= 0.3 is 0 Å². The fourth-order valence-electron chi connectivity index (χ4n) is 2.71. The highest BCUT2D eigenvalue weighted by Gasteiger charge is 2.21. The molecule has 0 unspecified atom stereocenters. The van der Waals surface area contributed by atoms with Gasteiger partial charge in [-0.2, -0.15) is 0 Å². The monoisotopic (exact) mass is 464 g/mol. The van der Waals surface area contributed by atoms with E-state index < -0.39 is 21.7 Å². The molecule has 10 heteroatoms. The fraction of sp³-hybridized carbons (Fsp3) is 0.0952. The molecule has 0 aliphatic carbocycles. The van der Waals surface area contributed by atoms with E-state index in [1.807, 2.05) is 0 Å². The lowest BCUT2D eigenvalue weighted by molar-refractivity contribution is 0.102. The Balaban J connectivity index is 1.89. The number of carbonyl (C=O) groups excluding carboxylic acids is 1. The maximum Gasteiger partial charge on any atom is 0.265 e. The minimum Gasteiger partial charge on any atom is -0.497 e. The number of nitrogens with one attached hydrogen (secondary N) is 2. The Hall–Kier alpha value is -3.30. The molecule has 0 radical (unpaired) electrons. The predicted octanol–water partition coefficient (Wildman–Crippen LogP) is 4.55. The number of ether oxygens (including phenoxy) is 2. The third-order valence-corrected chi connectivity index (χ3v) is 5.94. The molecule has 0 saturated carbocycles. The van der Waals surface area contributed by atoms with E-state index in [9.17, 15) is 17.6 Å². The summed E-state index contributed by atoms with van der Waals surface area (Å²) in [4.78, 5) is 12.3. The molecule has 3 aromatic rings. The maximum atomic E-state index is 13.2. The molecule has 31 heavy (non-hydrogen) atoms. The van der Waals surface area contributed by atoms with Crippen molar-refractivity contribution in [2.75, 3.05) is 24.3 Å². The summed E-state index contributed by atoms with van der Waals surface area (Å²) in [5.74, 6) is -0.547. The lowest BCUT2D eigenvalue weighted by Gasteiger charge is -2.14. The molecule has 7 nitrogen and oxygen atoms in total. The Morgan fingerprint density at radius 2 is 1.61 bits per heavy atom. The summed E-state index contributed by atoms with van der Waals surface area (Å²) < 4.78 is 51.8. The summed E-state index contributed by atoms with van der Waals surface area (Å²) in [5.41, 5.74) is 0.538. The summed E-state index contributed by atoms with van der Waals surface area (Å²) in [7, 11) is -1.22. The van der Waals surface area contributed by atoms with E-state index in [2.05, 4.69) is 10.0 Å². The van der Waals surface area contributed by atoms with Gasteiger partial charge in [0, 0.05) is 11.4 Å². The first-order chi connectivity index (χ1) is 14.7. The second-order valence-electron chi connectivity index (χ2n) is 6.28. The number of rotatable bonds is 7. The van der Waals surface area contributed by atoms with Crippen molar-refractivity contribution in [3.8, 4) is 11.5 Å². The van der Waals surface area contributed by atoms with Crippen LogP contribution in [-0.4, -0.2) is 28.5 Å². The van der Waals surface area contributed by atoms with E-state index in [0.717, 1.165) is 12.1 Å². The first-order valence-electron chi connectivity index (χ1n) is 8.85. The molecule has 0 heterocycles. The molecule has 0 bridgehead atoms. The Morgan fingerprint density at radius 1 is 0.935 bits per heavy atom. The highest BCUT2D eigenvalue weighted by molar-refractivity contribution is 7.92. The Kier molecular flexibility index (Phi) is 6.67. The van der Waals surface area contributed by atoms with Gasteiger partial charge in [-0.05, 0) is 60.7 Å². The summed E-state index contributed by atoms with van der Waals surface area (Å²) >= 11 is 5.92. The third-order valence-electron chi connectivity index (χ3n) is 4.23. The zero-order valence-electron chi connectivity index (χ0n) is 16.5. The largest absolute Gasteiger partial charge is 0.497 e. The molecule has 162 valence electrons. The molecule has 1 amide bonds. The van der Waals surface area contributed by atoms with Crippen molar-refractivity contribution in [1.82, 2.24) is 0 Å². The average molecular weight is 465 g/mol. The molecule has 0 fully saturated rings. The molecule has 2 N–H and O–H groups in total. The van der Waals surface area contributed by atoms with E-state index in [1.165, 1.54) is 38.5 Å². The van der Waals surface area contributed by atoms with Gasteiger partial charge in [0.15, 0.2) is 0 Å². The van der Waals surface area contributed by atoms with Crippen molar-refractivity contribution < 1.29 is 27.1 Å². The topological polar surface area (TPSA) is 93.7 Å². The van der Waals surface area contributed by atoms with Gasteiger partial charge in [-0.3, -0.25) is 9.52 Å². The molecule has 0 aliphatic heterocycles. The highest BCUT2D eigenvalue weighted by atomic mass is 35.5. The quantitative estimate of drug-likeness (QED) is 0.535. The van der Waals surface area contributed by atoms with Gasteiger partial charge in [0.05, 0.1) is 24.8 Å². The number of benzene rings is 3. The summed E-state index contributed by atoms with van der Waals surface area (Å²) in [6.07, 6.45) is 0. The minimum atomic E-state index is -4.06. The number of halogens is 2. The van der Waals surface area contributed by atoms with Gasteiger partial charge in [-0.1, -0.05) is 11.6 Å². The van der Waals surface area contributed by atoms with Gasteiger partial charge in [0.2, 0.25) is 0 Å². The van der Waals surface area contributed by atoms with Crippen LogP contribution in [-0.2, 0) is 10.0 Å². The van der Waals surface area contributed by atoms with E-state index >= 15 is 0 Å². The highest BCUT2D eigenvalue weighted by Crippen LogP contribution is 2.30. The first kappa shape index (κ1) is 22.4. The summed E-state index contributed by atoms with van der Waals surface area (Å²) in [6.45, 7) is 0. The number of sulfonamides is 1. The van der Waals surface area contributed by atoms with Crippen LogP contribution in [0.1, 0.15) is 10.4 Å². The number of hydrogen-bond acceptors (Lipinski definition) is 5. The average Bonchev–Trinajstić information content (AvgIpc) is 2.74. The van der Waals surface area contributed by atoms with Crippen molar-refractivity contribution in [1.29, 1.82) is 0 Å². The van der Waals surface area contributed by atoms with Crippen molar-refractivity contribution in [2.24, 2.45) is 0 Å². The SMILES string of the molecule is COc1ccc(NS(=O)(=O)c2cc(NC(=O)c3ccc(F)cc3Cl)ccc2OC)cc1. The van der Waals surface area contributed by atoms with E-state index in [4.69, 9.17) is 21.1 Å². The molecule has 0 aromatic heterocycles. The van der Waals surface area contributed by atoms with Crippen LogP contribution in [0.5, 0.6) is 11.5 Å². The lowest BCUT2D eigenvalue weighted by atomic mass is 10.2. The zero-order chi connectivity index (χ0) is 22.6. The van der Waals surface area contributed by atoms with Crippen molar-refractivity contribution in [3.63, 3.8) is 0 Å². The first-order valence-corrected chi connectivity index (χ1v) is 10.7. The van der Waals surface area contributed by atoms with Crippen LogP contribution in [0.15, 0.2) is 65.6 Å². The predicted molar refractivity (Wildman–Crippen MR) is 116 cm³/mol. The molecule has 0 aliphatic rings. The number of carbonyl (C=O) groups is 1. The summed E-state index contributed by atoms with van der Waals surface area (Å²) in [5, 5.41) is 2.48. The van der Waals surface area contributed by atoms with Crippen LogP contribution in [0.2, 0.25) is 5.02 Å². The van der Waals surface area contributed by atoms with Crippen molar-refractivity contribution in [2.45, 2.75) is 4.90 Å². The van der Waals surface area contributed by atoms with E-state index in [0.29, 0.717) is 11.4 Å². The minimum absolute atomic E-state index is 0.0413. The third kappa shape index (κ3) is 5.25. The molecule has 3 aromatic carbocycles. The van der Waals surface area contributed by atoms with Crippen molar-refractivity contribution >= 4 is 38.9 Å².